The molecule has 1 aliphatic carbocycles. The SMILES string of the molecule is COC(=O)[C@@H](NC(=O)NC1CC1)c1ccccc1. The largest absolute Gasteiger partial charge is 0.467 e. The number of carbonyl (C=O) groups is 2. The molecule has 1 atom stereocenters. The zero-order chi connectivity index (χ0) is 13.0. The van der Waals surface area contributed by atoms with Crippen LogP contribution < -0.4 is 10.6 Å². The third-order valence-electron chi connectivity index (χ3n) is 2.76. The van der Waals surface area contributed by atoms with E-state index in [1.165, 1.54) is 7.11 Å². The Morgan fingerprint density at radius 1 is 1.28 bits per heavy atom. The monoisotopic (exact) mass is 248 g/mol. The summed E-state index contributed by atoms with van der Waals surface area (Å²) in [6.07, 6.45) is 2.00. The highest BCUT2D eigenvalue weighted by Crippen LogP contribution is 2.19. The second-order valence-corrected chi connectivity index (χ2v) is 4.26. The predicted molar refractivity (Wildman–Crippen MR) is 65.9 cm³/mol. The van der Waals surface area contributed by atoms with Crippen LogP contribution in [0.1, 0.15) is 24.4 Å². The van der Waals surface area contributed by atoms with Crippen LogP contribution in [0, 0.1) is 0 Å². The summed E-state index contributed by atoms with van der Waals surface area (Å²) in [7, 11) is 1.30. The normalized spacial score (nSPS) is 15.6. The van der Waals surface area contributed by atoms with Crippen molar-refractivity contribution in [1.82, 2.24) is 10.6 Å². The summed E-state index contributed by atoms with van der Waals surface area (Å²) in [6.45, 7) is 0. The molecule has 0 radical (unpaired) electrons. The van der Waals surface area contributed by atoms with E-state index in [4.69, 9.17) is 4.74 Å². The van der Waals surface area contributed by atoms with Gasteiger partial charge in [0.25, 0.3) is 0 Å². The van der Waals surface area contributed by atoms with Crippen LogP contribution in [0.2, 0.25) is 0 Å². The first kappa shape index (κ1) is 12.4. The van der Waals surface area contributed by atoms with Crippen LogP contribution in [0.3, 0.4) is 0 Å². The van der Waals surface area contributed by atoms with Crippen molar-refractivity contribution in [2.24, 2.45) is 0 Å². The Labute approximate surface area is 106 Å². The second kappa shape index (κ2) is 5.53. The van der Waals surface area contributed by atoms with Crippen LogP contribution in [0.4, 0.5) is 4.79 Å². The van der Waals surface area contributed by atoms with Crippen LogP contribution in [0.15, 0.2) is 30.3 Å². The molecule has 1 aromatic carbocycles. The molecule has 1 saturated carbocycles. The number of urea groups is 1. The van der Waals surface area contributed by atoms with E-state index in [1.807, 2.05) is 18.2 Å². The number of carbonyl (C=O) groups excluding carboxylic acids is 2. The number of esters is 1. The molecule has 0 heterocycles. The second-order valence-electron chi connectivity index (χ2n) is 4.26. The number of methoxy groups -OCH3 is 1. The molecule has 0 spiro atoms. The van der Waals surface area contributed by atoms with E-state index in [0.717, 1.165) is 12.8 Å². The summed E-state index contributed by atoms with van der Waals surface area (Å²) < 4.78 is 4.71. The minimum Gasteiger partial charge on any atom is -0.467 e. The first-order chi connectivity index (χ1) is 8.70. The van der Waals surface area contributed by atoms with Crippen molar-refractivity contribution >= 4 is 12.0 Å². The molecule has 2 amide bonds. The number of hydrogen-bond donors (Lipinski definition) is 2. The van der Waals surface area contributed by atoms with Gasteiger partial charge in [-0.1, -0.05) is 30.3 Å². The minimum atomic E-state index is -0.769. The molecule has 5 nitrogen and oxygen atoms in total. The smallest absolute Gasteiger partial charge is 0.333 e. The molecule has 0 unspecified atom stereocenters. The maximum atomic E-state index is 11.7. The van der Waals surface area contributed by atoms with Gasteiger partial charge in [0.05, 0.1) is 7.11 Å². The van der Waals surface area contributed by atoms with Gasteiger partial charge < -0.3 is 15.4 Å². The zero-order valence-electron chi connectivity index (χ0n) is 10.2. The van der Waals surface area contributed by atoms with Crippen LogP contribution in [0.25, 0.3) is 0 Å². The molecule has 0 aliphatic heterocycles. The molecule has 1 fully saturated rings. The number of rotatable bonds is 4. The summed E-state index contributed by atoms with van der Waals surface area (Å²) in [6, 6.07) is 8.17. The average molecular weight is 248 g/mol. The van der Waals surface area contributed by atoms with E-state index in [1.54, 1.807) is 12.1 Å². The average Bonchev–Trinajstić information content (AvgIpc) is 3.20. The van der Waals surface area contributed by atoms with Crippen molar-refractivity contribution in [3.63, 3.8) is 0 Å². The third-order valence-corrected chi connectivity index (χ3v) is 2.76. The highest BCUT2D eigenvalue weighted by molar-refractivity contribution is 5.84. The summed E-state index contributed by atoms with van der Waals surface area (Å²) in [4.78, 5) is 23.4. The van der Waals surface area contributed by atoms with Gasteiger partial charge in [-0.05, 0) is 18.4 Å². The number of hydrogen-bond acceptors (Lipinski definition) is 3. The van der Waals surface area contributed by atoms with Crippen molar-refractivity contribution in [2.75, 3.05) is 7.11 Å². The Bertz CT molecular complexity index is 429. The summed E-state index contributed by atoms with van der Waals surface area (Å²) in [5, 5.41) is 5.41. The lowest BCUT2D eigenvalue weighted by Crippen LogP contribution is -2.42. The number of benzene rings is 1. The topological polar surface area (TPSA) is 67.4 Å². The molecule has 2 rings (SSSR count). The maximum absolute atomic E-state index is 11.7. The summed E-state index contributed by atoms with van der Waals surface area (Å²) >= 11 is 0. The molecular weight excluding hydrogens is 232 g/mol. The van der Waals surface area contributed by atoms with Gasteiger partial charge in [-0.25, -0.2) is 9.59 Å². The van der Waals surface area contributed by atoms with Gasteiger partial charge >= 0.3 is 12.0 Å². The number of nitrogens with one attached hydrogen (secondary N) is 2. The molecular formula is C13H16N2O3. The van der Waals surface area contributed by atoms with Gasteiger partial charge in [-0.15, -0.1) is 0 Å². The van der Waals surface area contributed by atoms with Crippen LogP contribution >= 0.6 is 0 Å². The number of amides is 2. The van der Waals surface area contributed by atoms with E-state index in [9.17, 15) is 9.59 Å². The van der Waals surface area contributed by atoms with Gasteiger partial charge in [-0.2, -0.15) is 0 Å². The van der Waals surface area contributed by atoms with Gasteiger partial charge in [-0.3, -0.25) is 0 Å². The molecule has 0 bridgehead atoms. The molecule has 1 aliphatic rings. The first-order valence-electron chi connectivity index (χ1n) is 5.90. The molecule has 0 aromatic heterocycles. The minimum absolute atomic E-state index is 0.249. The first-order valence-corrected chi connectivity index (χ1v) is 5.90. The summed E-state index contributed by atoms with van der Waals surface area (Å²) in [5.74, 6) is -0.479. The van der Waals surface area contributed by atoms with Gasteiger partial charge in [0.15, 0.2) is 6.04 Å². The predicted octanol–water partition coefficient (Wildman–Crippen LogP) is 1.36. The van der Waals surface area contributed by atoms with E-state index in [-0.39, 0.29) is 12.1 Å². The Morgan fingerprint density at radius 2 is 1.94 bits per heavy atom. The molecule has 96 valence electrons. The van der Waals surface area contributed by atoms with Crippen molar-refractivity contribution in [2.45, 2.75) is 24.9 Å². The van der Waals surface area contributed by atoms with Crippen molar-refractivity contribution in [3.8, 4) is 0 Å². The van der Waals surface area contributed by atoms with Crippen molar-refractivity contribution < 1.29 is 14.3 Å². The lowest BCUT2D eigenvalue weighted by atomic mass is 10.1. The Morgan fingerprint density at radius 3 is 2.50 bits per heavy atom. The van der Waals surface area contributed by atoms with Crippen molar-refractivity contribution in [1.29, 1.82) is 0 Å². The third kappa shape index (κ3) is 3.23. The van der Waals surface area contributed by atoms with Crippen LogP contribution in [0.5, 0.6) is 0 Å². The lowest BCUT2D eigenvalue weighted by molar-refractivity contribution is -0.143. The fourth-order valence-electron chi connectivity index (χ4n) is 1.63. The highest BCUT2D eigenvalue weighted by Gasteiger charge is 2.27. The molecule has 1 aromatic rings. The molecule has 2 N–H and O–H groups in total. The Balaban J connectivity index is 2.05. The van der Waals surface area contributed by atoms with Crippen LogP contribution in [-0.4, -0.2) is 25.2 Å². The Kier molecular flexibility index (Phi) is 3.82. The molecule has 5 heteroatoms. The standard InChI is InChI=1S/C13H16N2O3/c1-18-12(16)11(9-5-3-2-4-6-9)15-13(17)14-10-7-8-10/h2-6,10-11H,7-8H2,1H3,(H2,14,15,17)/t11-/m0/s1. The van der Waals surface area contributed by atoms with E-state index in [0.29, 0.717) is 5.56 Å². The zero-order valence-corrected chi connectivity index (χ0v) is 10.2. The van der Waals surface area contributed by atoms with Gasteiger partial charge in [0.1, 0.15) is 0 Å². The number of ether oxygens (including phenoxy) is 1. The highest BCUT2D eigenvalue weighted by atomic mass is 16.5. The fourth-order valence-corrected chi connectivity index (χ4v) is 1.63. The van der Waals surface area contributed by atoms with E-state index in [2.05, 4.69) is 10.6 Å². The fraction of sp³-hybridized carbons (Fsp3) is 0.385. The Hall–Kier alpha value is -2.04. The molecule has 0 saturated heterocycles. The lowest BCUT2D eigenvalue weighted by Gasteiger charge is -2.17. The molecule has 18 heavy (non-hydrogen) atoms. The van der Waals surface area contributed by atoms with E-state index < -0.39 is 12.0 Å². The van der Waals surface area contributed by atoms with Crippen LogP contribution in [-0.2, 0) is 9.53 Å². The maximum Gasteiger partial charge on any atom is 0.333 e. The van der Waals surface area contributed by atoms with E-state index >= 15 is 0 Å². The summed E-state index contributed by atoms with van der Waals surface area (Å²) in [5.41, 5.74) is 0.704. The quantitative estimate of drug-likeness (QED) is 0.791. The van der Waals surface area contributed by atoms with Gasteiger partial charge in [0, 0.05) is 6.04 Å². The van der Waals surface area contributed by atoms with Gasteiger partial charge in [0.2, 0.25) is 0 Å². The van der Waals surface area contributed by atoms with Crippen molar-refractivity contribution in [3.05, 3.63) is 35.9 Å².